The summed E-state index contributed by atoms with van der Waals surface area (Å²) in [6.07, 6.45) is -10.7. The fraction of sp³-hybridized carbons (Fsp3) is 0.294. The van der Waals surface area contributed by atoms with Crippen molar-refractivity contribution in [1.29, 1.82) is 0 Å². The summed E-state index contributed by atoms with van der Waals surface area (Å²) in [6.45, 7) is 1.84. The number of ether oxygens (including phenoxy) is 10. The third-order valence-corrected chi connectivity index (χ3v) is 14.2. The van der Waals surface area contributed by atoms with Crippen LogP contribution in [0.3, 0.4) is 0 Å². The van der Waals surface area contributed by atoms with Gasteiger partial charge in [-0.05, 0) is 44.5 Å². The molecule has 1 aliphatic carbocycles. The average molecular weight is 1060 g/mol. The first kappa shape index (κ1) is 55.6. The van der Waals surface area contributed by atoms with Crippen LogP contribution in [-0.2, 0) is 100 Å². The third kappa shape index (κ3) is 16.0. The smallest absolute Gasteiger partial charge is 0.187 e. The summed E-state index contributed by atoms with van der Waals surface area (Å²) in [4.78, 5) is 0. The Labute approximate surface area is 464 Å². The molecule has 408 valence electrons. The van der Waals surface area contributed by atoms with Crippen molar-refractivity contribution in [2.24, 2.45) is 0 Å². The molecule has 0 aromatic heterocycles. The van der Waals surface area contributed by atoms with Gasteiger partial charge in [-0.1, -0.05) is 243 Å². The summed E-state index contributed by atoms with van der Waals surface area (Å²) >= 11 is 0. The van der Waals surface area contributed by atoms with E-state index in [1.54, 1.807) is 0 Å². The van der Waals surface area contributed by atoms with Crippen LogP contribution < -0.4 is 0 Å². The van der Waals surface area contributed by atoms with Crippen molar-refractivity contribution in [1.82, 2.24) is 0 Å². The molecular formula is C68H70O11. The summed E-state index contributed by atoms with van der Waals surface area (Å²) in [6, 6.07) is 79.8. The van der Waals surface area contributed by atoms with Gasteiger partial charge in [-0.15, -0.1) is 0 Å². The van der Waals surface area contributed by atoms with E-state index < -0.39 is 67.3 Å². The molecule has 0 spiro atoms. The maximum absolute atomic E-state index is 13.3. The molecule has 0 unspecified atom stereocenters. The van der Waals surface area contributed by atoms with Crippen LogP contribution in [0.2, 0.25) is 0 Å². The number of hydrogen-bond donors (Lipinski definition) is 1. The van der Waals surface area contributed by atoms with Crippen LogP contribution >= 0.6 is 0 Å². The van der Waals surface area contributed by atoms with Gasteiger partial charge in [-0.25, -0.2) is 0 Å². The summed E-state index contributed by atoms with van der Waals surface area (Å²) in [7, 11) is 0. The van der Waals surface area contributed by atoms with Gasteiger partial charge in [-0.3, -0.25) is 0 Å². The minimum absolute atomic E-state index is 0.104. The van der Waals surface area contributed by atoms with E-state index in [0.29, 0.717) is 6.61 Å². The summed E-state index contributed by atoms with van der Waals surface area (Å²) in [5, 5.41) is 13.3. The molecule has 1 saturated carbocycles. The predicted molar refractivity (Wildman–Crippen MR) is 301 cm³/mol. The molecule has 2 aliphatic rings. The second-order valence-corrected chi connectivity index (χ2v) is 20.0. The molecule has 1 N–H and O–H groups in total. The molecule has 10 rings (SSSR count). The van der Waals surface area contributed by atoms with Crippen molar-refractivity contribution in [3.05, 3.63) is 287 Å². The van der Waals surface area contributed by atoms with Crippen molar-refractivity contribution in [2.75, 3.05) is 6.61 Å². The highest BCUT2D eigenvalue weighted by molar-refractivity contribution is 5.20. The molecule has 8 aromatic rings. The SMILES string of the molecule is O[C@@H]1[C@@H](O[C@@H]2O[C@H](COCc3ccccc3)[C@@H](OCc3ccccc3)[C@H](OCc3ccccc3)[C@@H]2OCc2ccccc2)[C@@H](OCc2ccccc2)[C@H](OCc2ccccc2)[C@H](OCc2ccccc2)[C@H]1OCc1ccccc1. The highest BCUT2D eigenvalue weighted by Crippen LogP contribution is 2.39. The minimum Gasteiger partial charge on any atom is -0.387 e. The van der Waals surface area contributed by atoms with Crippen LogP contribution in [0.5, 0.6) is 0 Å². The van der Waals surface area contributed by atoms with Crippen molar-refractivity contribution in [3.63, 3.8) is 0 Å². The van der Waals surface area contributed by atoms with Gasteiger partial charge in [-0.2, -0.15) is 0 Å². The maximum atomic E-state index is 13.3. The number of aliphatic hydroxyl groups excluding tert-OH is 1. The van der Waals surface area contributed by atoms with Crippen LogP contribution in [0.15, 0.2) is 243 Å². The third-order valence-electron chi connectivity index (χ3n) is 14.2. The van der Waals surface area contributed by atoms with E-state index in [4.69, 9.17) is 47.4 Å². The molecule has 1 heterocycles. The topological polar surface area (TPSA) is 113 Å². The lowest BCUT2D eigenvalue weighted by Crippen LogP contribution is -2.69. The van der Waals surface area contributed by atoms with E-state index in [1.807, 2.05) is 243 Å². The van der Waals surface area contributed by atoms with Crippen LogP contribution in [-0.4, -0.2) is 79.0 Å². The highest BCUT2D eigenvalue weighted by Gasteiger charge is 2.57. The van der Waals surface area contributed by atoms with Crippen molar-refractivity contribution >= 4 is 0 Å². The fourth-order valence-electron chi connectivity index (χ4n) is 10.1. The predicted octanol–water partition coefficient (Wildman–Crippen LogP) is 11.8. The number of hydrogen-bond acceptors (Lipinski definition) is 11. The van der Waals surface area contributed by atoms with Gasteiger partial charge >= 0.3 is 0 Å². The van der Waals surface area contributed by atoms with Crippen molar-refractivity contribution in [3.8, 4) is 0 Å². The van der Waals surface area contributed by atoms with Crippen molar-refractivity contribution < 1.29 is 52.5 Å². The van der Waals surface area contributed by atoms with Crippen LogP contribution in [0.1, 0.15) is 44.5 Å². The lowest BCUT2D eigenvalue weighted by atomic mass is 9.83. The van der Waals surface area contributed by atoms with Gasteiger partial charge in [0.15, 0.2) is 6.29 Å². The highest BCUT2D eigenvalue weighted by atomic mass is 16.7. The lowest BCUT2D eigenvalue weighted by molar-refractivity contribution is -0.363. The maximum Gasteiger partial charge on any atom is 0.187 e. The Morgan fingerprint density at radius 2 is 0.506 bits per heavy atom. The molecular weight excluding hydrogens is 993 g/mol. The first-order chi connectivity index (χ1) is 39.1. The van der Waals surface area contributed by atoms with Crippen LogP contribution in [0.25, 0.3) is 0 Å². The quantitative estimate of drug-likeness (QED) is 0.0531. The van der Waals surface area contributed by atoms with Gasteiger partial charge in [0, 0.05) is 0 Å². The van der Waals surface area contributed by atoms with Gasteiger partial charge in [0.05, 0.1) is 59.5 Å². The number of rotatable bonds is 27. The van der Waals surface area contributed by atoms with Crippen LogP contribution in [0, 0.1) is 0 Å². The molecule has 0 bridgehead atoms. The number of benzene rings is 8. The molecule has 1 aliphatic heterocycles. The normalized spacial score (nSPS) is 24.0. The molecule has 2 fully saturated rings. The van der Waals surface area contributed by atoms with Gasteiger partial charge in [0.2, 0.25) is 0 Å². The summed E-state index contributed by atoms with van der Waals surface area (Å²) in [5.74, 6) is 0. The molecule has 0 amide bonds. The Morgan fingerprint density at radius 3 is 0.835 bits per heavy atom. The zero-order valence-electron chi connectivity index (χ0n) is 44.3. The molecule has 11 nitrogen and oxygen atoms in total. The Balaban J connectivity index is 1.07. The monoisotopic (exact) mass is 1060 g/mol. The molecule has 79 heavy (non-hydrogen) atoms. The lowest BCUT2D eigenvalue weighted by Gasteiger charge is -2.51. The van der Waals surface area contributed by atoms with E-state index in [2.05, 4.69) is 0 Å². The zero-order valence-corrected chi connectivity index (χ0v) is 44.3. The zero-order chi connectivity index (χ0) is 53.7. The first-order valence-corrected chi connectivity index (χ1v) is 27.3. The molecule has 0 radical (unpaired) electrons. The molecule has 11 atom stereocenters. The van der Waals surface area contributed by atoms with E-state index in [0.717, 1.165) is 44.5 Å². The fourth-order valence-corrected chi connectivity index (χ4v) is 10.1. The average Bonchev–Trinajstić information content (AvgIpc) is 3.65. The summed E-state index contributed by atoms with van der Waals surface area (Å²) in [5.41, 5.74) is 7.60. The van der Waals surface area contributed by atoms with Gasteiger partial charge in [0.25, 0.3) is 0 Å². The van der Waals surface area contributed by atoms with Crippen molar-refractivity contribution in [2.45, 2.75) is 120 Å². The second kappa shape index (κ2) is 29.5. The molecule has 11 heteroatoms. The van der Waals surface area contributed by atoms with E-state index in [-0.39, 0.29) is 52.9 Å². The van der Waals surface area contributed by atoms with E-state index in [1.165, 1.54) is 0 Å². The Kier molecular flexibility index (Phi) is 20.8. The van der Waals surface area contributed by atoms with Crippen LogP contribution in [0.4, 0.5) is 0 Å². The minimum atomic E-state index is -1.37. The first-order valence-electron chi connectivity index (χ1n) is 27.3. The second-order valence-electron chi connectivity index (χ2n) is 20.0. The number of aliphatic hydroxyl groups is 1. The standard InChI is InChI=1S/C68H70O11/c69-59-61(72-43-52-29-13-3-14-30-52)64(74-45-54-33-17-5-18-34-54)66(76-47-56-37-21-7-22-38-56)65(75-46-55-35-19-6-20-36-55)62(59)79-68-67(77-48-57-39-23-8-24-40-57)63(73-44-53-31-15-4-16-32-53)60(71-42-51-27-11-2-12-28-51)58(78-68)49-70-41-50-25-9-1-10-26-50/h1-40,58-69H,41-49H2/t58-,59+,60-,61+,62-,63+,64-,65-,66-,67+,68+/m1/s1. The van der Waals surface area contributed by atoms with Gasteiger partial charge in [0.1, 0.15) is 61.0 Å². The van der Waals surface area contributed by atoms with E-state index in [9.17, 15) is 5.11 Å². The molecule has 8 aromatic carbocycles. The Bertz CT molecular complexity index is 2910. The Hall–Kier alpha value is -6.68. The summed E-state index contributed by atoms with van der Waals surface area (Å²) < 4.78 is 70.7. The van der Waals surface area contributed by atoms with Gasteiger partial charge < -0.3 is 52.5 Å². The Morgan fingerprint density at radius 1 is 0.266 bits per heavy atom. The largest absolute Gasteiger partial charge is 0.387 e. The van der Waals surface area contributed by atoms with E-state index >= 15 is 0 Å². The molecule has 1 saturated heterocycles.